The molecular weight excluding hydrogens is 389 g/mol. The smallest absolute Gasteiger partial charge is 0.304 e. The Morgan fingerprint density at radius 3 is 2.36 bits per heavy atom. The van der Waals surface area contributed by atoms with E-state index in [2.05, 4.69) is 5.32 Å². The molecule has 0 atom stereocenters. The summed E-state index contributed by atoms with van der Waals surface area (Å²) in [5.74, 6) is -0.607. The van der Waals surface area contributed by atoms with E-state index in [9.17, 15) is 17.6 Å². The molecule has 0 unspecified atom stereocenters. The van der Waals surface area contributed by atoms with Crippen LogP contribution in [0.2, 0.25) is 0 Å². The Kier molecular flexibility index (Phi) is 6.81. The third-order valence-electron chi connectivity index (χ3n) is 3.83. The van der Waals surface area contributed by atoms with E-state index >= 15 is 0 Å². The normalized spacial score (nSPS) is 11.2. The number of benzene rings is 2. The highest BCUT2D eigenvalue weighted by Gasteiger charge is 2.29. The number of anilines is 2. The lowest BCUT2D eigenvalue weighted by Crippen LogP contribution is -2.44. The van der Waals surface area contributed by atoms with Crippen LogP contribution in [0.4, 0.5) is 15.8 Å². The SMILES string of the molecule is COc1ccc(OC)c(NC(=O)CN(c2ccccc2F)S(=O)(=O)N(C)C)c1. The number of halogens is 1. The van der Waals surface area contributed by atoms with Gasteiger partial charge in [0.15, 0.2) is 0 Å². The minimum atomic E-state index is -4.12. The molecule has 2 rings (SSSR count). The van der Waals surface area contributed by atoms with Gasteiger partial charge in [-0.1, -0.05) is 12.1 Å². The van der Waals surface area contributed by atoms with E-state index in [1.165, 1.54) is 52.6 Å². The van der Waals surface area contributed by atoms with Gasteiger partial charge in [0, 0.05) is 20.2 Å². The van der Waals surface area contributed by atoms with Gasteiger partial charge in [-0.3, -0.25) is 4.79 Å². The molecule has 0 radical (unpaired) electrons. The van der Waals surface area contributed by atoms with Crippen molar-refractivity contribution < 1.29 is 27.1 Å². The topological polar surface area (TPSA) is 88.2 Å². The number of carbonyl (C=O) groups excluding carboxylic acids is 1. The van der Waals surface area contributed by atoms with E-state index < -0.39 is 28.5 Å². The molecule has 28 heavy (non-hydrogen) atoms. The molecule has 0 aliphatic carbocycles. The highest BCUT2D eigenvalue weighted by atomic mass is 32.2. The zero-order valence-electron chi connectivity index (χ0n) is 16.0. The summed E-state index contributed by atoms with van der Waals surface area (Å²) in [6.45, 7) is -0.637. The van der Waals surface area contributed by atoms with Gasteiger partial charge < -0.3 is 14.8 Å². The van der Waals surface area contributed by atoms with Crippen molar-refractivity contribution >= 4 is 27.5 Å². The average Bonchev–Trinajstić information content (AvgIpc) is 2.66. The molecule has 2 aromatic rings. The van der Waals surface area contributed by atoms with E-state index in [4.69, 9.17) is 9.47 Å². The van der Waals surface area contributed by atoms with Gasteiger partial charge in [0.1, 0.15) is 23.9 Å². The van der Waals surface area contributed by atoms with E-state index in [-0.39, 0.29) is 5.69 Å². The number of rotatable bonds is 8. The lowest BCUT2D eigenvalue weighted by atomic mass is 10.2. The Balaban J connectivity index is 2.35. The van der Waals surface area contributed by atoms with Crippen molar-refractivity contribution in [2.45, 2.75) is 0 Å². The van der Waals surface area contributed by atoms with Crippen molar-refractivity contribution in [3.8, 4) is 11.5 Å². The highest BCUT2D eigenvalue weighted by molar-refractivity contribution is 7.90. The number of para-hydroxylation sites is 1. The van der Waals surface area contributed by atoms with Gasteiger partial charge >= 0.3 is 10.2 Å². The summed E-state index contributed by atoms with van der Waals surface area (Å²) in [6.07, 6.45) is 0. The lowest BCUT2D eigenvalue weighted by molar-refractivity contribution is -0.114. The van der Waals surface area contributed by atoms with Crippen LogP contribution in [0, 0.1) is 5.82 Å². The summed E-state index contributed by atoms with van der Waals surface area (Å²) in [5, 5.41) is 2.58. The Morgan fingerprint density at radius 2 is 1.79 bits per heavy atom. The largest absolute Gasteiger partial charge is 0.497 e. The number of hydrogen-bond donors (Lipinski definition) is 1. The van der Waals surface area contributed by atoms with Crippen molar-refractivity contribution in [3.63, 3.8) is 0 Å². The van der Waals surface area contributed by atoms with E-state index in [1.807, 2.05) is 0 Å². The zero-order valence-corrected chi connectivity index (χ0v) is 16.8. The van der Waals surface area contributed by atoms with Crippen molar-refractivity contribution in [2.75, 3.05) is 44.5 Å². The molecule has 0 saturated carbocycles. The standard InChI is InChI=1S/C18H22FN3O5S/c1-21(2)28(24,25)22(16-8-6-5-7-14(16)19)12-18(23)20-15-11-13(26-3)9-10-17(15)27-4/h5-11H,12H2,1-4H3,(H,20,23). The molecule has 2 aromatic carbocycles. The molecule has 1 N–H and O–H groups in total. The quantitative estimate of drug-likeness (QED) is 0.719. The van der Waals surface area contributed by atoms with Crippen molar-refractivity contribution in [3.05, 3.63) is 48.3 Å². The summed E-state index contributed by atoms with van der Waals surface area (Å²) < 4.78 is 51.5. The fourth-order valence-corrected chi connectivity index (χ4v) is 3.45. The molecule has 0 spiro atoms. The van der Waals surface area contributed by atoms with Crippen LogP contribution in [0.5, 0.6) is 11.5 Å². The van der Waals surface area contributed by atoms with Gasteiger partial charge in [0.25, 0.3) is 0 Å². The minimum absolute atomic E-state index is 0.232. The first kappa shape index (κ1) is 21.5. The molecule has 0 aliphatic heterocycles. The summed E-state index contributed by atoms with van der Waals surface area (Å²) in [5.41, 5.74) is 0.0616. The minimum Gasteiger partial charge on any atom is -0.497 e. The maximum atomic E-state index is 14.2. The number of carbonyl (C=O) groups is 1. The Morgan fingerprint density at radius 1 is 1.11 bits per heavy atom. The Labute approximate surface area is 163 Å². The number of hydrogen-bond acceptors (Lipinski definition) is 5. The molecule has 0 bridgehead atoms. The number of ether oxygens (including phenoxy) is 2. The second-order valence-corrected chi connectivity index (χ2v) is 7.93. The van der Waals surface area contributed by atoms with Gasteiger partial charge in [0.05, 0.1) is 25.6 Å². The van der Waals surface area contributed by atoms with E-state index in [0.717, 1.165) is 10.4 Å². The van der Waals surface area contributed by atoms with Crippen LogP contribution in [0.1, 0.15) is 0 Å². The van der Waals surface area contributed by atoms with Crippen molar-refractivity contribution in [1.82, 2.24) is 4.31 Å². The second-order valence-electron chi connectivity index (χ2n) is 5.86. The van der Waals surface area contributed by atoms with Crippen LogP contribution < -0.4 is 19.1 Å². The van der Waals surface area contributed by atoms with E-state index in [0.29, 0.717) is 21.5 Å². The van der Waals surface area contributed by atoms with Gasteiger partial charge in [-0.05, 0) is 24.3 Å². The predicted molar refractivity (Wildman–Crippen MR) is 105 cm³/mol. The first-order valence-electron chi connectivity index (χ1n) is 8.17. The number of methoxy groups -OCH3 is 2. The molecule has 1 amide bonds. The third-order valence-corrected chi connectivity index (χ3v) is 5.63. The van der Waals surface area contributed by atoms with Gasteiger partial charge in [-0.15, -0.1) is 0 Å². The molecule has 0 aliphatic rings. The number of nitrogens with zero attached hydrogens (tertiary/aromatic N) is 2. The lowest BCUT2D eigenvalue weighted by Gasteiger charge is -2.27. The second kappa shape index (κ2) is 8.89. The van der Waals surface area contributed by atoms with Crippen molar-refractivity contribution in [2.24, 2.45) is 0 Å². The summed E-state index contributed by atoms with van der Waals surface area (Å²) in [6, 6.07) is 10.1. The summed E-state index contributed by atoms with van der Waals surface area (Å²) in [4.78, 5) is 12.6. The molecule has 8 nitrogen and oxygen atoms in total. The maximum absolute atomic E-state index is 14.2. The van der Waals surface area contributed by atoms with Crippen LogP contribution >= 0.6 is 0 Å². The Bertz CT molecular complexity index is 950. The molecule has 0 fully saturated rings. The van der Waals surface area contributed by atoms with Crippen LogP contribution in [-0.4, -0.2) is 53.5 Å². The van der Waals surface area contributed by atoms with Crippen molar-refractivity contribution in [1.29, 1.82) is 0 Å². The van der Waals surface area contributed by atoms with Gasteiger partial charge in [-0.2, -0.15) is 12.7 Å². The molecule has 152 valence electrons. The molecule has 10 heteroatoms. The number of nitrogens with one attached hydrogen (secondary N) is 1. The van der Waals surface area contributed by atoms with Crippen LogP contribution in [-0.2, 0) is 15.0 Å². The van der Waals surface area contributed by atoms with Gasteiger partial charge in [-0.25, -0.2) is 8.70 Å². The summed E-state index contributed by atoms with van der Waals surface area (Å²) in [7, 11) is 1.37. The maximum Gasteiger partial charge on any atom is 0.304 e. The number of amides is 1. The first-order valence-corrected chi connectivity index (χ1v) is 9.57. The van der Waals surface area contributed by atoms with Crippen LogP contribution in [0.25, 0.3) is 0 Å². The summed E-state index contributed by atoms with van der Waals surface area (Å²) >= 11 is 0. The van der Waals surface area contributed by atoms with Gasteiger partial charge in [0.2, 0.25) is 5.91 Å². The zero-order chi connectivity index (χ0) is 20.9. The van der Waals surface area contributed by atoms with E-state index in [1.54, 1.807) is 12.1 Å². The van der Waals surface area contributed by atoms with Crippen LogP contribution in [0.15, 0.2) is 42.5 Å². The van der Waals surface area contributed by atoms with Crippen LogP contribution in [0.3, 0.4) is 0 Å². The monoisotopic (exact) mass is 411 g/mol. The highest BCUT2D eigenvalue weighted by Crippen LogP contribution is 2.29. The third kappa shape index (κ3) is 4.70. The molecular formula is C18H22FN3O5S. The molecule has 0 aromatic heterocycles. The fraction of sp³-hybridized carbons (Fsp3) is 0.278. The molecule has 0 saturated heterocycles. The molecule has 0 heterocycles. The predicted octanol–water partition coefficient (Wildman–Crippen LogP) is 2.09. The Hall–Kier alpha value is -2.85. The first-order chi connectivity index (χ1) is 13.2. The fourth-order valence-electron chi connectivity index (χ4n) is 2.37. The average molecular weight is 411 g/mol.